The van der Waals surface area contributed by atoms with Crippen molar-refractivity contribution in [2.24, 2.45) is 7.05 Å². The minimum absolute atomic E-state index is 0.0194. The van der Waals surface area contributed by atoms with Crippen molar-refractivity contribution in [3.05, 3.63) is 26.7 Å². The van der Waals surface area contributed by atoms with Crippen molar-refractivity contribution in [2.45, 2.75) is 25.8 Å². The molecule has 120 valence electrons. The highest BCUT2D eigenvalue weighted by atomic mass is 16.5. The van der Waals surface area contributed by atoms with E-state index in [-0.39, 0.29) is 24.1 Å². The van der Waals surface area contributed by atoms with E-state index in [1.807, 2.05) is 0 Å². The summed E-state index contributed by atoms with van der Waals surface area (Å²) >= 11 is 0. The fourth-order valence-corrected chi connectivity index (χ4v) is 2.19. The number of methoxy groups -OCH3 is 1. The smallest absolute Gasteiger partial charge is 0.332 e. The molecular formula is C13H18N4O5. The van der Waals surface area contributed by atoms with Crippen molar-refractivity contribution in [3.8, 4) is 0 Å². The Morgan fingerprint density at radius 3 is 2.77 bits per heavy atom. The number of imidazole rings is 1. The van der Waals surface area contributed by atoms with Gasteiger partial charge in [-0.25, -0.2) is 9.78 Å². The fourth-order valence-electron chi connectivity index (χ4n) is 2.19. The van der Waals surface area contributed by atoms with Crippen LogP contribution in [0.1, 0.15) is 18.7 Å². The van der Waals surface area contributed by atoms with Gasteiger partial charge < -0.3 is 14.8 Å². The Kier molecular flexibility index (Phi) is 4.76. The van der Waals surface area contributed by atoms with Crippen LogP contribution in [0.3, 0.4) is 0 Å². The largest absolute Gasteiger partial charge is 0.481 e. The van der Waals surface area contributed by atoms with Crippen LogP contribution in [0.2, 0.25) is 0 Å². The normalized spacial score (nSPS) is 11.2. The Morgan fingerprint density at radius 2 is 2.14 bits per heavy atom. The van der Waals surface area contributed by atoms with Crippen molar-refractivity contribution < 1.29 is 14.6 Å². The fraction of sp³-hybridized carbons (Fsp3) is 0.538. The minimum atomic E-state index is -0.885. The van der Waals surface area contributed by atoms with Crippen LogP contribution in [0, 0.1) is 0 Å². The van der Waals surface area contributed by atoms with Crippen LogP contribution < -0.4 is 11.2 Å². The number of aryl methyl sites for hydroxylation is 1. The third kappa shape index (κ3) is 3.08. The molecule has 22 heavy (non-hydrogen) atoms. The average Bonchev–Trinajstić information content (AvgIpc) is 2.89. The minimum Gasteiger partial charge on any atom is -0.481 e. The number of ether oxygens (including phenoxy) is 1. The number of nitrogens with zero attached hydrogens (tertiary/aromatic N) is 3. The Balaban J connectivity index is 2.45. The Hall–Kier alpha value is -2.42. The molecule has 0 unspecified atom stereocenters. The van der Waals surface area contributed by atoms with Crippen LogP contribution in [0.5, 0.6) is 0 Å². The lowest BCUT2D eigenvalue weighted by Crippen LogP contribution is -2.38. The predicted octanol–water partition coefficient (Wildman–Crippen LogP) is -0.523. The van der Waals surface area contributed by atoms with E-state index in [1.165, 1.54) is 18.7 Å². The quantitative estimate of drug-likeness (QED) is 0.710. The molecule has 0 atom stereocenters. The third-order valence-corrected chi connectivity index (χ3v) is 3.35. The zero-order valence-electron chi connectivity index (χ0n) is 12.5. The summed E-state index contributed by atoms with van der Waals surface area (Å²) in [5.74, 6) is -0.394. The number of carboxylic acids is 1. The molecule has 2 rings (SSSR count). The molecule has 2 aromatic rings. The number of H-pyrrole nitrogens is 1. The van der Waals surface area contributed by atoms with Gasteiger partial charge in [0.1, 0.15) is 11.3 Å². The summed E-state index contributed by atoms with van der Waals surface area (Å²) < 4.78 is 7.35. The van der Waals surface area contributed by atoms with Gasteiger partial charge in [0.15, 0.2) is 5.65 Å². The van der Waals surface area contributed by atoms with Gasteiger partial charge in [0, 0.05) is 27.0 Å². The van der Waals surface area contributed by atoms with Crippen LogP contribution >= 0.6 is 0 Å². The highest BCUT2D eigenvalue weighted by molar-refractivity contribution is 5.70. The molecular weight excluding hydrogens is 292 g/mol. The maximum Gasteiger partial charge on any atom is 0.332 e. The van der Waals surface area contributed by atoms with Gasteiger partial charge in [-0.2, -0.15) is 0 Å². The standard InChI is InChI=1S/C13H18N4O5/c1-16-12(20)10-11(17(13(16)21)6-7-22-2)15-8(14-10)4-3-5-9(18)19/h3-7H2,1-2H3,(H,14,15)(H,18,19). The molecule has 0 bridgehead atoms. The lowest BCUT2D eigenvalue weighted by atomic mass is 10.2. The van der Waals surface area contributed by atoms with E-state index in [2.05, 4.69) is 9.97 Å². The molecule has 2 heterocycles. The first-order chi connectivity index (χ1) is 10.5. The van der Waals surface area contributed by atoms with Crippen molar-refractivity contribution >= 4 is 17.1 Å². The lowest BCUT2D eigenvalue weighted by molar-refractivity contribution is -0.137. The maximum atomic E-state index is 12.2. The van der Waals surface area contributed by atoms with Crippen LogP contribution in [-0.2, 0) is 29.5 Å². The molecule has 0 spiro atoms. The van der Waals surface area contributed by atoms with Crippen LogP contribution in [0.15, 0.2) is 9.59 Å². The van der Waals surface area contributed by atoms with E-state index in [4.69, 9.17) is 9.84 Å². The molecule has 0 aliphatic carbocycles. The molecule has 0 aromatic carbocycles. The second-order valence-corrected chi connectivity index (χ2v) is 4.92. The number of hydrogen-bond acceptors (Lipinski definition) is 5. The SMILES string of the molecule is COCCn1c(=O)n(C)c(=O)c2[nH]c(CCCC(=O)O)nc21. The third-order valence-electron chi connectivity index (χ3n) is 3.35. The summed E-state index contributed by atoms with van der Waals surface area (Å²) in [6.45, 7) is 0.591. The molecule has 9 heteroatoms. The predicted molar refractivity (Wildman–Crippen MR) is 78.0 cm³/mol. The molecule has 0 fully saturated rings. The van der Waals surface area contributed by atoms with E-state index in [0.717, 1.165) is 4.57 Å². The van der Waals surface area contributed by atoms with Crippen molar-refractivity contribution in [1.29, 1.82) is 0 Å². The van der Waals surface area contributed by atoms with Crippen molar-refractivity contribution in [1.82, 2.24) is 19.1 Å². The van der Waals surface area contributed by atoms with Crippen LogP contribution in [-0.4, -0.2) is 43.9 Å². The summed E-state index contributed by atoms with van der Waals surface area (Å²) in [6.07, 6.45) is 0.811. The number of aromatic nitrogens is 4. The first kappa shape index (κ1) is 16.0. The summed E-state index contributed by atoms with van der Waals surface area (Å²) in [7, 11) is 2.92. The highest BCUT2D eigenvalue weighted by Gasteiger charge is 2.15. The Labute approximate surface area is 125 Å². The summed E-state index contributed by atoms with van der Waals surface area (Å²) in [5, 5.41) is 8.65. The first-order valence-electron chi connectivity index (χ1n) is 6.85. The molecule has 9 nitrogen and oxygen atoms in total. The number of nitrogens with one attached hydrogen (secondary N) is 1. The van der Waals surface area contributed by atoms with Gasteiger partial charge in [-0.1, -0.05) is 0 Å². The molecule has 0 aliphatic rings. The monoisotopic (exact) mass is 310 g/mol. The average molecular weight is 310 g/mol. The second kappa shape index (κ2) is 6.56. The van der Waals surface area contributed by atoms with Crippen LogP contribution in [0.4, 0.5) is 0 Å². The summed E-state index contributed by atoms with van der Waals surface area (Å²) in [6, 6.07) is 0. The highest BCUT2D eigenvalue weighted by Crippen LogP contribution is 2.08. The lowest BCUT2D eigenvalue weighted by Gasteiger charge is -2.07. The molecule has 0 saturated carbocycles. The molecule has 0 aliphatic heterocycles. The zero-order valence-corrected chi connectivity index (χ0v) is 12.5. The number of aromatic amines is 1. The van der Waals surface area contributed by atoms with Gasteiger partial charge in [0.25, 0.3) is 5.56 Å². The van der Waals surface area contributed by atoms with E-state index < -0.39 is 17.2 Å². The van der Waals surface area contributed by atoms with E-state index in [0.29, 0.717) is 25.3 Å². The molecule has 0 amide bonds. The molecule has 0 saturated heterocycles. The van der Waals surface area contributed by atoms with Gasteiger partial charge in [-0.05, 0) is 6.42 Å². The number of carboxylic acid groups (broad SMARTS) is 1. The molecule has 2 aromatic heterocycles. The Morgan fingerprint density at radius 1 is 1.41 bits per heavy atom. The first-order valence-corrected chi connectivity index (χ1v) is 6.85. The number of fused-ring (bicyclic) bond motifs is 1. The number of rotatable bonds is 7. The Bertz CT molecular complexity index is 801. The van der Waals surface area contributed by atoms with Gasteiger partial charge in [0.05, 0.1) is 13.2 Å². The van der Waals surface area contributed by atoms with Gasteiger partial charge in [-0.15, -0.1) is 0 Å². The topological polar surface area (TPSA) is 119 Å². The molecule has 0 radical (unpaired) electrons. The number of carbonyl (C=O) groups is 1. The van der Waals surface area contributed by atoms with Crippen molar-refractivity contribution in [2.75, 3.05) is 13.7 Å². The summed E-state index contributed by atoms with van der Waals surface area (Å²) in [5.41, 5.74) is -0.400. The van der Waals surface area contributed by atoms with E-state index in [1.54, 1.807) is 0 Å². The second-order valence-electron chi connectivity index (χ2n) is 4.92. The van der Waals surface area contributed by atoms with E-state index >= 15 is 0 Å². The van der Waals surface area contributed by atoms with Gasteiger partial charge in [-0.3, -0.25) is 18.7 Å². The number of hydrogen-bond donors (Lipinski definition) is 2. The maximum absolute atomic E-state index is 12.2. The van der Waals surface area contributed by atoms with Gasteiger partial charge >= 0.3 is 11.7 Å². The summed E-state index contributed by atoms with van der Waals surface area (Å²) in [4.78, 5) is 42.0. The zero-order chi connectivity index (χ0) is 16.3. The number of aliphatic carboxylic acids is 1. The van der Waals surface area contributed by atoms with E-state index in [9.17, 15) is 14.4 Å². The van der Waals surface area contributed by atoms with Gasteiger partial charge in [0.2, 0.25) is 0 Å². The van der Waals surface area contributed by atoms with Crippen LogP contribution in [0.25, 0.3) is 11.2 Å². The van der Waals surface area contributed by atoms with Crippen molar-refractivity contribution in [3.63, 3.8) is 0 Å². The molecule has 2 N–H and O–H groups in total.